The Kier molecular flexibility index (Phi) is 5.70. The molecule has 1 aromatic carbocycles. The number of allylic oxidation sites excluding steroid dienone is 5. The summed E-state index contributed by atoms with van der Waals surface area (Å²) in [5.41, 5.74) is 4.48. The van der Waals surface area contributed by atoms with E-state index in [1.165, 1.54) is 12.2 Å². The van der Waals surface area contributed by atoms with Crippen molar-refractivity contribution >= 4 is 11.5 Å². The second-order valence-corrected chi connectivity index (χ2v) is 5.93. The molecule has 0 saturated carbocycles. The van der Waals surface area contributed by atoms with E-state index in [-0.39, 0.29) is 0 Å². The summed E-state index contributed by atoms with van der Waals surface area (Å²) in [5.74, 6) is -1.25. The predicted molar refractivity (Wildman–Crippen MR) is 95.6 cm³/mol. The number of carbonyl (C=O) groups is 1. The lowest BCUT2D eigenvalue weighted by Crippen LogP contribution is -1.88. The summed E-state index contributed by atoms with van der Waals surface area (Å²) in [6.07, 6.45) is 3.62. The molecule has 1 heterocycles. The Balaban J connectivity index is 2.30. The van der Waals surface area contributed by atoms with Crippen molar-refractivity contribution in [2.45, 2.75) is 27.7 Å². The molecule has 2 aromatic rings. The molecule has 0 atom stereocenters. The van der Waals surface area contributed by atoms with Crippen molar-refractivity contribution in [3.8, 4) is 11.3 Å². The molecule has 1 aromatic heterocycles. The number of rotatable bonds is 5. The summed E-state index contributed by atoms with van der Waals surface area (Å²) < 4.78 is 19.5. The second-order valence-electron chi connectivity index (χ2n) is 5.93. The van der Waals surface area contributed by atoms with Crippen molar-refractivity contribution in [1.82, 2.24) is 5.16 Å². The third-order valence-corrected chi connectivity index (χ3v) is 3.75. The number of aryl methyl sites for hydroxylation is 2. The first kappa shape index (κ1) is 18.4. The molecule has 0 aliphatic rings. The van der Waals surface area contributed by atoms with Crippen LogP contribution in [0.1, 0.15) is 30.7 Å². The van der Waals surface area contributed by atoms with Gasteiger partial charge in [0, 0.05) is 23.3 Å². The Hall–Kier alpha value is -2.95. The van der Waals surface area contributed by atoms with Crippen molar-refractivity contribution in [1.29, 1.82) is 0 Å². The molecular formula is C20H20FNO3. The van der Waals surface area contributed by atoms with Crippen LogP contribution in [0.3, 0.4) is 0 Å². The van der Waals surface area contributed by atoms with Crippen LogP contribution in [-0.4, -0.2) is 16.2 Å². The molecule has 0 bridgehead atoms. The molecule has 2 rings (SSSR count). The van der Waals surface area contributed by atoms with Gasteiger partial charge >= 0.3 is 5.97 Å². The van der Waals surface area contributed by atoms with Crippen LogP contribution in [-0.2, 0) is 4.79 Å². The average Bonchev–Trinajstić information content (AvgIpc) is 3.03. The summed E-state index contributed by atoms with van der Waals surface area (Å²) in [5, 5.41) is 12.7. The van der Waals surface area contributed by atoms with Gasteiger partial charge in [0.25, 0.3) is 0 Å². The third kappa shape index (κ3) is 4.76. The number of aromatic nitrogens is 1. The van der Waals surface area contributed by atoms with Gasteiger partial charge in [-0.2, -0.15) is 0 Å². The Morgan fingerprint density at radius 2 is 1.92 bits per heavy atom. The van der Waals surface area contributed by atoms with Crippen molar-refractivity contribution in [3.63, 3.8) is 0 Å². The van der Waals surface area contributed by atoms with Crippen molar-refractivity contribution in [2.75, 3.05) is 0 Å². The van der Waals surface area contributed by atoms with E-state index in [2.05, 4.69) is 5.16 Å². The minimum absolute atomic E-state index is 0.295. The average molecular weight is 341 g/mol. The standard InChI is InChI=1S/C20H20FNO3/c1-12-5-7-14(3)16(9-12)18-11-19(25-22-18)15(4)17(21)8-6-13(2)10-20(23)24/h5-11H,1-4H3,(H,23,24)/b8-6+,13-10+,17-15+. The highest BCUT2D eigenvalue weighted by molar-refractivity contribution is 5.81. The second kappa shape index (κ2) is 7.75. The van der Waals surface area contributed by atoms with Gasteiger partial charge in [-0.05, 0) is 51.0 Å². The minimum Gasteiger partial charge on any atom is -0.478 e. The van der Waals surface area contributed by atoms with Crippen LogP contribution in [0.25, 0.3) is 16.8 Å². The number of hydrogen-bond acceptors (Lipinski definition) is 3. The van der Waals surface area contributed by atoms with E-state index < -0.39 is 11.8 Å². The Morgan fingerprint density at radius 3 is 2.60 bits per heavy atom. The van der Waals surface area contributed by atoms with Crippen LogP contribution < -0.4 is 0 Å². The maximum atomic E-state index is 14.3. The Bertz CT molecular complexity index is 888. The zero-order valence-corrected chi connectivity index (χ0v) is 14.6. The van der Waals surface area contributed by atoms with E-state index in [0.717, 1.165) is 22.8 Å². The third-order valence-electron chi connectivity index (χ3n) is 3.75. The molecule has 0 spiro atoms. The van der Waals surface area contributed by atoms with Crippen LogP contribution in [0, 0.1) is 13.8 Å². The van der Waals surface area contributed by atoms with E-state index in [0.29, 0.717) is 22.6 Å². The first-order chi connectivity index (χ1) is 11.8. The molecule has 0 amide bonds. The smallest absolute Gasteiger partial charge is 0.328 e. The van der Waals surface area contributed by atoms with E-state index in [1.54, 1.807) is 19.9 Å². The van der Waals surface area contributed by atoms with Gasteiger partial charge in [0.05, 0.1) is 0 Å². The molecule has 0 fully saturated rings. The molecule has 0 radical (unpaired) electrons. The van der Waals surface area contributed by atoms with E-state index in [9.17, 15) is 9.18 Å². The molecule has 0 aliphatic carbocycles. The monoisotopic (exact) mass is 341 g/mol. The summed E-state index contributed by atoms with van der Waals surface area (Å²) in [6.45, 7) is 7.14. The highest BCUT2D eigenvalue weighted by Crippen LogP contribution is 2.28. The first-order valence-corrected chi connectivity index (χ1v) is 7.78. The quantitative estimate of drug-likeness (QED) is 0.596. The largest absolute Gasteiger partial charge is 0.478 e. The summed E-state index contributed by atoms with van der Waals surface area (Å²) in [6, 6.07) is 7.72. The van der Waals surface area contributed by atoms with Gasteiger partial charge < -0.3 is 9.63 Å². The van der Waals surface area contributed by atoms with Crippen LogP contribution in [0.2, 0.25) is 0 Å². The van der Waals surface area contributed by atoms with Crippen molar-refractivity contribution < 1.29 is 18.8 Å². The Labute approximate surface area is 146 Å². The first-order valence-electron chi connectivity index (χ1n) is 7.78. The number of aliphatic carboxylic acids is 1. The topological polar surface area (TPSA) is 63.3 Å². The van der Waals surface area contributed by atoms with Crippen LogP contribution in [0.4, 0.5) is 4.39 Å². The Morgan fingerprint density at radius 1 is 1.20 bits per heavy atom. The lowest BCUT2D eigenvalue weighted by molar-refractivity contribution is -0.131. The van der Waals surface area contributed by atoms with Gasteiger partial charge in [-0.3, -0.25) is 0 Å². The summed E-state index contributed by atoms with van der Waals surface area (Å²) in [7, 11) is 0. The number of halogens is 1. The van der Waals surface area contributed by atoms with Gasteiger partial charge in [-0.25, -0.2) is 9.18 Å². The highest BCUT2D eigenvalue weighted by Gasteiger charge is 2.12. The van der Waals surface area contributed by atoms with E-state index >= 15 is 0 Å². The number of carboxylic acid groups (broad SMARTS) is 1. The van der Waals surface area contributed by atoms with Gasteiger partial charge in [0.15, 0.2) is 5.76 Å². The molecule has 1 N–H and O–H groups in total. The van der Waals surface area contributed by atoms with Crippen LogP contribution >= 0.6 is 0 Å². The van der Waals surface area contributed by atoms with Gasteiger partial charge in [-0.15, -0.1) is 0 Å². The van der Waals surface area contributed by atoms with E-state index in [4.69, 9.17) is 9.63 Å². The lowest BCUT2D eigenvalue weighted by atomic mass is 10.0. The van der Waals surface area contributed by atoms with Gasteiger partial charge in [0.1, 0.15) is 11.5 Å². The zero-order valence-electron chi connectivity index (χ0n) is 14.6. The van der Waals surface area contributed by atoms with Crippen LogP contribution in [0.15, 0.2) is 58.4 Å². The molecule has 0 saturated heterocycles. The number of nitrogens with zero attached hydrogens (tertiary/aromatic N) is 1. The van der Waals surface area contributed by atoms with Crippen molar-refractivity contribution in [3.05, 3.63) is 70.8 Å². The van der Waals surface area contributed by atoms with Crippen molar-refractivity contribution in [2.24, 2.45) is 0 Å². The number of hydrogen-bond donors (Lipinski definition) is 1. The van der Waals surface area contributed by atoms with Crippen LogP contribution in [0.5, 0.6) is 0 Å². The normalized spacial score (nSPS) is 13.2. The molecule has 0 unspecified atom stereocenters. The van der Waals surface area contributed by atoms with Gasteiger partial charge in [-0.1, -0.05) is 28.9 Å². The zero-order chi connectivity index (χ0) is 18.6. The summed E-state index contributed by atoms with van der Waals surface area (Å²) >= 11 is 0. The number of benzene rings is 1. The highest BCUT2D eigenvalue weighted by atomic mass is 19.1. The van der Waals surface area contributed by atoms with Gasteiger partial charge in [0.2, 0.25) is 0 Å². The maximum Gasteiger partial charge on any atom is 0.328 e. The SMILES string of the molecule is CC(/C=C/C(F)=C(/C)c1cc(-c2cc(C)ccc2C)no1)=C\C(=O)O. The summed E-state index contributed by atoms with van der Waals surface area (Å²) in [4.78, 5) is 10.6. The minimum atomic E-state index is -1.07. The molecule has 4 nitrogen and oxygen atoms in total. The lowest BCUT2D eigenvalue weighted by Gasteiger charge is -2.02. The fourth-order valence-electron chi connectivity index (χ4n) is 2.28. The molecular weight excluding hydrogens is 321 g/mol. The molecule has 5 heteroatoms. The van der Waals surface area contributed by atoms with E-state index in [1.807, 2.05) is 32.0 Å². The molecule has 25 heavy (non-hydrogen) atoms. The molecule has 0 aliphatic heterocycles. The fraction of sp³-hybridized carbons (Fsp3) is 0.200. The fourth-order valence-corrected chi connectivity index (χ4v) is 2.28. The molecule has 130 valence electrons. The predicted octanol–water partition coefficient (Wildman–Crippen LogP) is 5.25. The maximum absolute atomic E-state index is 14.3. The number of carboxylic acids is 1.